The highest BCUT2D eigenvalue weighted by Gasteiger charge is 2.27. The second-order valence-electron chi connectivity index (χ2n) is 7.64. The number of carbonyl (C=O) groups excluding carboxylic acids is 1. The minimum Gasteiger partial charge on any atom is -0.385 e. The molecule has 3 aromatic heterocycles. The van der Waals surface area contributed by atoms with Crippen LogP contribution in [0.1, 0.15) is 30.5 Å². The molecule has 8 heteroatoms. The molecule has 1 saturated heterocycles. The fourth-order valence-electron chi connectivity index (χ4n) is 4.05. The number of aromatic nitrogens is 3. The lowest BCUT2D eigenvalue weighted by Crippen LogP contribution is -2.41. The second kappa shape index (κ2) is 8.59. The molecule has 1 N–H and O–H groups in total. The van der Waals surface area contributed by atoms with Crippen LogP contribution in [0.3, 0.4) is 0 Å². The molecular weight excluding hydrogens is 386 g/mol. The Hall–Kier alpha value is -2.32. The summed E-state index contributed by atoms with van der Waals surface area (Å²) in [5.74, 6) is 1.19. The quantitative estimate of drug-likeness (QED) is 0.625. The zero-order valence-corrected chi connectivity index (χ0v) is 18.0. The van der Waals surface area contributed by atoms with Crippen molar-refractivity contribution in [2.75, 3.05) is 38.3 Å². The number of anilines is 1. The Balaban J connectivity index is 1.50. The monoisotopic (exact) mass is 413 g/mol. The Kier molecular flexibility index (Phi) is 5.91. The molecule has 1 amide bonds. The van der Waals surface area contributed by atoms with E-state index in [1.165, 1.54) is 5.56 Å². The predicted octanol–water partition coefficient (Wildman–Crippen LogP) is 3.23. The first-order chi connectivity index (χ1) is 14.1. The minimum absolute atomic E-state index is 0.0695. The highest BCUT2D eigenvalue weighted by Crippen LogP contribution is 2.38. The van der Waals surface area contributed by atoms with Crippen LogP contribution in [-0.4, -0.2) is 54.2 Å². The van der Waals surface area contributed by atoms with Crippen LogP contribution in [-0.2, 0) is 9.53 Å². The van der Waals surface area contributed by atoms with E-state index in [0.29, 0.717) is 13.2 Å². The first kappa shape index (κ1) is 20.0. The molecule has 0 atom stereocenters. The zero-order valence-electron chi connectivity index (χ0n) is 17.2. The van der Waals surface area contributed by atoms with E-state index in [9.17, 15) is 4.79 Å². The zero-order chi connectivity index (χ0) is 20.4. The van der Waals surface area contributed by atoms with Gasteiger partial charge in [0.2, 0.25) is 5.91 Å². The molecule has 0 bridgehead atoms. The number of methoxy groups -OCH3 is 1. The molecule has 0 saturated carbocycles. The molecule has 7 nitrogen and oxygen atoms in total. The van der Waals surface area contributed by atoms with Crippen molar-refractivity contribution in [2.45, 2.75) is 33.1 Å². The topological polar surface area (TPSA) is 80.2 Å². The number of rotatable bonds is 6. The van der Waals surface area contributed by atoms with Crippen LogP contribution in [0, 0.1) is 19.8 Å². The third kappa shape index (κ3) is 4.04. The molecule has 0 aromatic carbocycles. The van der Waals surface area contributed by atoms with Crippen LogP contribution in [0.4, 0.5) is 5.82 Å². The van der Waals surface area contributed by atoms with E-state index < -0.39 is 0 Å². The fourth-order valence-corrected chi connectivity index (χ4v) is 5.32. The number of aryl methyl sites for hydroxylation is 2. The number of hydrogen-bond donors (Lipinski definition) is 1. The van der Waals surface area contributed by atoms with E-state index >= 15 is 0 Å². The number of nitrogens with zero attached hydrogens (tertiary/aromatic N) is 4. The van der Waals surface area contributed by atoms with Gasteiger partial charge in [-0.15, -0.1) is 11.3 Å². The van der Waals surface area contributed by atoms with Crippen molar-refractivity contribution in [3.05, 3.63) is 23.7 Å². The molecule has 1 aliphatic rings. The smallest absolute Gasteiger partial charge is 0.223 e. The standard InChI is InChI=1S/C21H27N5O2S/c1-13-11-14(2)25-21-16(13)17-18(29-21)19(24-12-23-17)26-8-5-15(6-9-26)20(27)22-7-4-10-28-3/h11-12,15H,4-10H2,1-3H3,(H,22,27). The van der Waals surface area contributed by atoms with Crippen molar-refractivity contribution in [1.29, 1.82) is 0 Å². The van der Waals surface area contributed by atoms with E-state index in [1.807, 2.05) is 6.92 Å². The summed E-state index contributed by atoms with van der Waals surface area (Å²) in [5.41, 5.74) is 3.21. The normalized spacial score (nSPS) is 15.3. The highest BCUT2D eigenvalue weighted by atomic mass is 32.1. The minimum atomic E-state index is 0.0695. The fraction of sp³-hybridized carbons (Fsp3) is 0.524. The summed E-state index contributed by atoms with van der Waals surface area (Å²) in [5, 5.41) is 4.16. The maximum atomic E-state index is 12.4. The molecule has 3 aromatic rings. The maximum Gasteiger partial charge on any atom is 0.223 e. The Morgan fingerprint density at radius 2 is 2.10 bits per heavy atom. The Bertz CT molecular complexity index is 1030. The van der Waals surface area contributed by atoms with Crippen LogP contribution in [0.5, 0.6) is 0 Å². The molecule has 0 spiro atoms. The van der Waals surface area contributed by atoms with Gasteiger partial charge in [0, 0.05) is 50.3 Å². The second-order valence-corrected chi connectivity index (χ2v) is 8.64. The number of hydrogen-bond acceptors (Lipinski definition) is 7. The van der Waals surface area contributed by atoms with Crippen molar-refractivity contribution in [1.82, 2.24) is 20.3 Å². The van der Waals surface area contributed by atoms with Gasteiger partial charge in [0.05, 0.1) is 10.2 Å². The Labute approximate surface area is 174 Å². The highest BCUT2D eigenvalue weighted by molar-refractivity contribution is 7.26. The molecule has 4 heterocycles. The lowest BCUT2D eigenvalue weighted by atomic mass is 9.96. The first-order valence-corrected chi connectivity index (χ1v) is 10.9. The lowest BCUT2D eigenvalue weighted by molar-refractivity contribution is -0.125. The molecule has 1 fully saturated rings. The predicted molar refractivity (Wildman–Crippen MR) is 117 cm³/mol. The largest absolute Gasteiger partial charge is 0.385 e. The van der Waals surface area contributed by atoms with E-state index in [2.05, 4.69) is 33.2 Å². The van der Waals surface area contributed by atoms with Crippen LogP contribution in [0.2, 0.25) is 0 Å². The summed E-state index contributed by atoms with van der Waals surface area (Å²) >= 11 is 1.66. The summed E-state index contributed by atoms with van der Waals surface area (Å²) < 4.78 is 6.12. The van der Waals surface area contributed by atoms with Gasteiger partial charge in [-0.05, 0) is 44.7 Å². The van der Waals surface area contributed by atoms with Gasteiger partial charge in [0.15, 0.2) is 0 Å². The molecule has 0 unspecified atom stereocenters. The van der Waals surface area contributed by atoms with Gasteiger partial charge in [0.1, 0.15) is 17.0 Å². The molecule has 154 valence electrons. The average Bonchev–Trinajstić information content (AvgIpc) is 3.09. The molecule has 1 aliphatic heterocycles. The molecular formula is C21H27N5O2S. The Morgan fingerprint density at radius 1 is 1.31 bits per heavy atom. The number of thiophene rings is 1. The van der Waals surface area contributed by atoms with Crippen molar-refractivity contribution in [3.63, 3.8) is 0 Å². The molecule has 4 rings (SSSR count). The summed E-state index contributed by atoms with van der Waals surface area (Å²) in [6.45, 7) is 7.12. The van der Waals surface area contributed by atoms with Crippen LogP contribution >= 0.6 is 11.3 Å². The van der Waals surface area contributed by atoms with E-state index in [-0.39, 0.29) is 11.8 Å². The van der Waals surface area contributed by atoms with Gasteiger partial charge < -0.3 is 15.0 Å². The molecule has 0 radical (unpaired) electrons. The number of nitrogens with one attached hydrogen (secondary N) is 1. The average molecular weight is 414 g/mol. The summed E-state index contributed by atoms with van der Waals surface area (Å²) in [4.78, 5) is 29.6. The van der Waals surface area contributed by atoms with Gasteiger partial charge in [-0.3, -0.25) is 4.79 Å². The van der Waals surface area contributed by atoms with Crippen LogP contribution in [0.25, 0.3) is 20.4 Å². The lowest BCUT2D eigenvalue weighted by Gasteiger charge is -2.32. The van der Waals surface area contributed by atoms with Crippen molar-refractivity contribution < 1.29 is 9.53 Å². The summed E-state index contributed by atoms with van der Waals surface area (Å²) in [6.07, 6.45) is 4.17. The van der Waals surface area contributed by atoms with Gasteiger partial charge in [-0.2, -0.15) is 0 Å². The number of pyridine rings is 1. The van der Waals surface area contributed by atoms with Gasteiger partial charge in [0.25, 0.3) is 0 Å². The number of amides is 1. The van der Waals surface area contributed by atoms with Crippen molar-refractivity contribution >= 4 is 43.5 Å². The number of ether oxygens (including phenoxy) is 1. The number of fused-ring (bicyclic) bond motifs is 3. The molecule has 0 aliphatic carbocycles. The number of carbonyl (C=O) groups is 1. The Morgan fingerprint density at radius 3 is 2.86 bits per heavy atom. The number of piperidine rings is 1. The van der Waals surface area contributed by atoms with Gasteiger partial charge >= 0.3 is 0 Å². The first-order valence-electron chi connectivity index (χ1n) is 10.1. The van der Waals surface area contributed by atoms with E-state index in [1.54, 1.807) is 24.8 Å². The van der Waals surface area contributed by atoms with Gasteiger partial charge in [-0.1, -0.05) is 0 Å². The third-order valence-electron chi connectivity index (χ3n) is 5.52. The molecule has 29 heavy (non-hydrogen) atoms. The van der Waals surface area contributed by atoms with Crippen LogP contribution < -0.4 is 10.2 Å². The van der Waals surface area contributed by atoms with E-state index in [4.69, 9.17) is 9.72 Å². The van der Waals surface area contributed by atoms with E-state index in [0.717, 1.165) is 64.3 Å². The summed E-state index contributed by atoms with van der Waals surface area (Å²) in [7, 11) is 1.68. The third-order valence-corrected chi connectivity index (χ3v) is 6.59. The SMILES string of the molecule is COCCCNC(=O)C1CCN(c2ncnc3c2sc2nc(C)cc(C)c23)CC1. The van der Waals surface area contributed by atoms with Crippen molar-refractivity contribution in [3.8, 4) is 0 Å². The summed E-state index contributed by atoms with van der Waals surface area (Å²) in [6, 6.07) is 2.10. The van der Waals surface area contributed by atoms with Crippen molar-refractivity contribution in [2.24, 2.45) is 5.92 Å². The van der Waals surface area contributed by atoms with Crippen LogP contribution in [0.15, 0.2) is 12.4 Å². The van der Waals surface area contributed by atoms with Gasteiger partial charge in [-0.25, -0.2) is 15.0 Å². The maximum absolute atomic E-state index is 12.4.